The molecule has 0 aliphatic carbocycles. The second kappa shape index (κ2) is 10.3. The Morgan fingerprint density at radius 2 is 2.00 bits per heavy atom. The van der Waals surface area contributed by atoms with E-state index in [1.807, 2.05) is 67.8 Å². The number of aryl methyl sites for hydroxylation is 1. The van der Waals surface area contributed by atoms with Crippen LogP contribution in [-0.4, -0.2) is 34.4 Å². The summed E-state index contributed by atoms with van der Waals surface area (Å²) in [6.07, 6.45) is 0.274. The third-order valence-corrected chi connectivity index (χ3v) is 5.29. The molecule has 0 saturated carbocycles. The molecule has 0 saturated heterocycles. The fourth-order valence-corrected chi connectivity index (χ4v) is 3.63. The molecule has 0 radical (unpaired) electrons. The third kappa shape index (κ3) is 5.52. The van der Waals surface area contributed by atoms with Gasteiger partial charge in [0.05, 0.1) is 19.8 Å². The molecule has 8 heteroatoms. The number of aromatic amines is 1. The van der Waals surface area contributed by atoms with Gasteiger partial charge in [-0.25, -0.2) is 0 Å². The summed E-state index contributed by atoms with van der Waals surface area (Å²) in [7, 11) is 1.63. The highest BCUT2D eigenvalue weighted by Crippen LogP contribution is 2.26. The number of ether oxygens (including phenoxy) is 2. The maximum absolute atomic E-state index is 12.6. The Morgan fingerprint density at radius 3 is 2.68 bits per heavy atom. The summed E-state index contributed by atoms with van der Waals surface area (Å²) in [5.74, 6) is 2.17. The van der Waals surface area contributed by atoms with E-state index in [4.69, 9.17) is 21.7 Å². The molecule has 7 nitrogen and oxygen atoms in total. The predicted molar refractivity (Wildman–Crippen MR) is 123 cm³/mol. The largest absolute Gasteiger partial charge is 0.496 e. The molecule has 1 amide bonds. The molecule has 2 aromatic carbocycles. The molecule has 0 bridgehead atoms. The monoisotopic (exact) mass is 440 g/mol. The van der Waals surface area contributed by atoms with Crippen molar-refractivity contribution in [1.29, 1.82) is 0 Å². The first-order chi connectivity index (χ1) is 14.9. The van der Waals surface area contributed by atoms with Gasteiger partial charge in [-0.05, 0) is 63.3 Å². The standard InChI is InChI=1S/C23H28N4O3S/c1-5-30-18-9-7-17(8-10-18)22-25-26-23(31)27(22)13-12-21(28)24-16(3)19-14-15(2)6-11-20(19)29-4/h6-11,14,16H,5,12-13H2,1-4H3,(H,24,28)(H,26,31). The lowest BCUT2D eigenvalue weighted by Gasteiger charge is -2.18. The van der Waals surface area contributed by atoms with E-state index in [1.165, 1.54) is 0 Å². The SMILES string of the molecule is CCOc1ccc(-c2n[nH]c(=S)n2CCC(=O)NC(C)c2cc(C)ccc2OC)cc1. The number of nitrogens with one attached hydrogen (secondary N) is 2. The van der Waals surface area contributed by atoms with Gasteiger partial charge in [0, 0.05) is 24.1 Å². The topological polar surface area (TPSA) is 81.2 Å². The van der Waals surface area contributed by atoms with E-state index in [-0.39, 0.29) is 18.4 Å². The molecule has 3 rings (SSSR count). The van der Waals surface area contributed by atoms with E-state index >= 15 is 0 Å². The highest BCUT2D eigenvalue weighted by molar-refractivity contribution is 7.71. The Labute approximate surface area is 187 Å². The number of methoxy groups -OCH3 is 1. The van der Waals surface area contributed by atoms with E-state index in [9.17, 15) is 4.79 Å². The van der Waals surface area contributed by atoms with E-state index in [0.717, 1.165) is 28.2 Å². The number of hydrogen-bond acceptors (Lipinski definition) is 5. The Hall–Kier alpha value is -3.13. The number of carbonyl (C=O) groups is 1. The van der Waals surface area contributed by atoms with Crippen LogP contribution in [0.1, 0.15) is 37.4 Å². The normalized spacial score (nSPS) is 11.7. The number of amides is 1. The van der Waals surface area contributed by atoms with Gasteiger partial charge in [-0.2, -0.15) is 5.10 Å². The van der Waals surface area contributed by atoms with Crippen LogP contribution in [0, 0.1) is 11.7 Å². The van der Waals surface area contributed by atoms with Crippen LogP contribution in [-0.2, 0) is 11.3 Å². The summed E-state index contributed by atoms with van der Waals surface area (Å²) >= 11 is 5.38. The summed E-state index contributed by atoms with van der Waals surface area (Å²) in [5.41, 5.74) is 2.96. The molecule has 1 unspecified atom stereocenters. The summed E-state index contributed by atoms with van der Waals surface area (Å²) in [6.45, 7) is 6.94. The van der Waals surface area contributed by atoms with E-state index in [0.29, 0.717) is 23.7 Å². The predicted octanol–water partition coefficient (Wildman–Crippen LogP) is 4.59. The maximum atomic E-state index is 12.6. The molecular formula is C23H28N4O3S. The lowest BCUT2D eigenvalue weighted by atomic mass is 10.0. The Morgan fingerprint density at radius 1 is 1.26 bits per heavy atom. The van der Waals surface area contributed by atoms with Gasteiger partial charge in [-0.3, -0.25) is 14.5 Å². The summed E-state index contributed by atoms with van der Waals surface area (Å²) < 4.78 is 13.2. The van der Waals surface area contributed by atoms with E-state index in [1.54, 1.807) is 7.11 Å². The lowest BCUT2D eigenvalue weighted by Crippen LogP contribution is -2.28. The van der Waals surface area contributed by atoms with Gasteiger partial charge in [-0.1, -0.05) is 17.7 Å². The number of hydrogen-bond donors (Lipinski definition) is 2. The van der Waals surface area contributed by atoms with Crippen LogP contribution < -0.4 is 14.8 Å². The first-order valence-corrected chi connectivity index (χ1v) is 10.7. The van der Waals surface area contributed by atoms with Crippen molar-refractivity contribution in [1.82, 2.24) is 20.1 Å². The summed E-state index contributed by atoms with van der Waals surface area (Å²) in [5, 5.41) is 10.2. The van der Waals surface area contributed by atoms with Gasteiger partial charge in [-0.15, -0.1) is 0 Å². The molecule has 1 atom stereocenters. The molecular weight excluding hydrogens is 412 g/mol. The zero-order valence-electron chi connectivity index (χ0n) is 18.3. The van der Waals surface area contributed by atoms with Crippen molar-refractivity contribution >= 4 is 18.1 Å². The average molecular weight is 441 g/mol. The van der Waals surface area contributed by atoms with Crippen molar-refractivity contribution in [2.24, 2.45) is 0 Å². The smallest absolute Gasteiger partial charge is 0.222 e. The lowest BCUT2D eigenvalue weighted by molar-refractivity contribution is -0.121. The molecule has 31 heavy (non-hydrogen) atoms. The van der Waals surface area contributed by atoms with Crippen LogP contribution in [0.25, 0.3) is 11.4 Å². The molecule has 164 valence electrons. The molecule has 2 N–H and O–H groups in total. The first-order valence-electron chi connectivity index (χ1n) is 10.2. The van der Waals surface area contributed by atoms with Crippen LogP contribution in [0.15, 0.2) is 42.5 Å². The maximum Gasteiger partial charge on any atom is 0.222 e. The number of benzene rings is 2. The van der Waals surface area contributed by atoms with Gasteiger partial charge in [0.15, 0.2) is 10.6 Å². The summed E-state index contributed by atoms with van der Waals surface area (Å²) in [6, 6.07) is 13.4. The van der Waals surface area contributed by atoms with Gasteiger partial charge < -0.3 is 14.8 Å². The van der Waals surface area contributed by atoms with Crippen molar-refractivity contribution in [2.45, 2.75) is 39.8 Å². The molecule has 0 fully saturated rings. The Balaban J connectivity index is 1.68. The van der Waals surface area contributed by atoms with Crippen LogP contribution >= 0.6 is 12.2 Å². The minimum atomic E-state index is -0.176. The van der Waals surface area contributed by atoms with Gasteiger partial charge in [0.25, 0.3) is 0 Å². The second-order valence-electron chi connectivity index (χ2n) is 7.25. The van der Waals surface area contributed by atoms with Gasteiger partial charge in [0.2, 0.25) is 5.91 Å². The van der Waals surface area contributed by atoms with E-state index in [2.05, 4.69) is 15.5 Å². The molecule has 0 spiro atoms. The second-order valence-corrected chi connectivity index (χ2v) is 7.63. The Kier molecular flexibility index (Phi) is 7.46. The zero-order valence-corrected chi connectivity index (χ0v) is 19.1. The van der Waals surface area contributed by atoms with Crippen molar-refractivity contribution in [2.75, 3.05) is 13.7 Å². The van der Waals surface area contributed by atoms with Crippen LogP contribution in [0.5, 0.6) is 11.5 Å². The first kappa shape index (κ1) is 22.6. The fraction of sp³-hybridized carbons (Fsp3) is 0.348. The van der Waals surface area contributed by atoms with Crippen molar-refractivity contribution in [3.8, 4) is 22.9 Å². The highest BCUT2D eigenvalue weighted by atomic mass is 32.1. The molecule has 0 aliphatic heterocycles. The minimum absolute atomic E-state index is 0.0724. The quantitative estimate of drug-likeness (QED) is 0.476. The van der Waals surface area contributed by atoms with Crippen molar-refractivity contribution in [3.05, 3.63) is 58.4 Å². The number of rotatable bonds is 9. The van der Waals surface area contributed by atoms with Crippen molar-refractivity contribution in [3.63, 3.8) is 0 Å². The zero-order chi connectivity index (χ0) is 22.4. The number of H-pyrrole nitrogens is 1. The number of nitrogens with zero attached hydrogens (tertiary/aromatic N) is 2. The minimum Gasteiger partial charge on any atom is -0.496 e. The number of aromatic nitrogens is 3. The van der Waals surface area contributed by atoms with Crippen LogP contribution in [0.4, 0.5) is 0 Å². The van der Waals surface area contributed by atoms with Gasteiger partial charge in [0.1, 0.15) is 11.5 Å². The van der Waals surface area contributed by atoms with E-state index < -0.39 is 0 Å². The van der Waals surface area contributed by atoms with Crippen LogP contribution in [0.3, 0.4) is 0 Å². The summed E-state index contributed by atoms with van der Waals surface area (Å²) in [4.78, 5) is 12.6. The van der Waals surface area contributed by atoms with Crippen LogP contribution in [0.2, 0.25) is 0 Å². The molecule has 1 heterocycles. The molecule has 0 aliphatic rings. The Bertz CT molecular complexity index is 1090. The number of carbonyl (C=O) groups excluding carboxylic acids is 1. The van der Waals surface area contributed by atoms with Crippen molar-refractivity contribution < 1.29 is 14.3 Å². The molecule has 1 aromatic heterocycles. The average Bonchev–Trinajstić information content (AvgIpc) is 3.13. The van der Waals surface area contributed by atoms with Gasteiger partial charge >= 0.3 is 0 Å². The fourth-order valence-electron chi connectivity index (χ4n) is 3.41. The highest BCUT2D eigenvalue weighted by Gasteiger charge is 2.16. The third-order valence-electron chi connectivity index (χ3n) is 4.97. The molecule has 3 aromatic rings.